The second kappa shape index (κ2) is 7.78. The zero-order valence-electron chi connectivity index (χ0n) is 12.4. The number of nitrogens with zero attached hydrogens (tertiary/aromatic N) is 1. The first-order chi connectivity index (χ1) is 10.2. The molecule has 0 aliphatic carbocycles. The van der Waals surface area contributed by atoms with Crippen molar-refractivity contribution in [2.75, 3.05) is 26.3 Å². The van der Waals surface area contributed by atoms with Crippen LogP contribution >= 0.6 is 0 Å². The molecule has 1 aromatic rings. The Labute approximate surface area is 125 Å². The summed E-state index contributed by atoms with van der Waals surface area (Å²) in [5.41, 5.74) is 1.06. The Morgan fingerprint density at radius 2 is 1.86 bits per heavy atom. The second-order valence-electron chi connectivity index (χ2n) is 5.19. The third-order valence-corrected chi connectivity index (χ3v) is 3.61. The van der Waals surface area contributed by atoms with Crippen LogP contribution in [0.3, 0.4) is 0 Å². The molecule has 5 heteroatoms. The van der Waals surface area contributed by atoms with Crippen molar-refractivity contribution in [3.63, 3.8) is 0 Å². The Morgan fingerprint density at radius 3 is 2.52 bits per heavy atom. The third-order valence-electron chi connectivity index (χ3n) is 3.61. The van der Waals surface area contributed by atoms with Gasteiger partial charge in [0.15, 0.2) is 0 Å². The zero-order chi connectivity index (χ0) is 15.1. The van der Waals surface area contributed by atoms with Crippen molar-refractivity contribution in [1.29, 1.82) is 0 Å². The average molecular weight is 290 g/mol. The van der Waals surface area contributed by atoms with E-state index in [1.807, 2.05) is 37.3 Å². The predicted molar refractivity (Wildman–Crippen MR) is 79.6 cm³/mol. The first kappa shape index (κ1) is 15.5. The van der Waals surface area contributed by atoms with E-state index in [1.165, 1.54) is 0 Å². The van der Waals surface area contributed by atoms with Gasteiger partial charge in [-0.15, -0.1) is 0 Å². The molecular weight excluding hydrogens is 268 g/mol. The average Bonchev–Trinajstić information content (AvgIpc) is 2.54. The quantitative estimate of drug-likeness (QED) is 0.894. The largest absolute Gasteiger partial charge is 0.378 e. The van der Waals surface area contributed by atoms with Crippen LogP contribution < -0.4 is 5.32 Å². The van der Waals surface area contributed by atoms with E-state index in [-0.39, 0.29) is 30.7 Å². The molecule has 1 fully saturated rings. The number of ether oxygens (including phenoxy) is 1. The van der Waals surface area contributed by atoms with Gasteiger partial charge in [0.2, 0.25) is 11.8 Å². The van der Waals surface area contributed by atoms with E-state index in [4.69, 9.17) is 4.74 Å². The zero-order valence-corrected chi connectivity index (χ0v) is 12.4. The Bertz CT molecular complexity index is 470. The Balaban J connectivity index is 1.73. The molecule has 0 saturated carbocycles. The molecule has 1 heterocycles. The number of carbonyl (C=O) groups excluding carboxylic acids is 2. The second-order valence-corrected chi connectivity index (χ2v) is 5.19. The van der Waals surface area contributed by atoms with Crippen molar-refractivity contribution in [3.8, 4) is 0 Å². The molecule has 1 aliphatic heterocycles. The molecule has 0 bridgehead atoms. The van der Waals surface area contributed by atoms with Crippen molar-refractivity contribution in [2.45, 2.75) is 25.8 Å². The van der Waals surface area contributed by atoms with Crippen LogP contribution in [0.4, 0.5) is 0 Å². The fourth-order valence-corrected chi connectivity index (χ4v) is 2.33. The van der Waals surface area contributed by atoms with E-state index < -0.39 is 0 Å². The fraction of sp³-hybridized carbons (Fsp3) is 0.500. The van der Waals surface area contributed by atoms with Gasteiger partial charge in [-0.05, 0) is 12.5 Å². The summed E-state index contributed by atoms with van der Waals surface area (Å²) >= 11 is 0. The molecule has 114 valence electrons. The lowest BCUT2D eigenvalue weighted by atomic mass is 10.1. The summed E-state index contributed by atoms with van der Waals surface area (Å²) in [5.74, 6) is -0.0613. The molecule has 21 heavy (non-hydrogen) atoms. The molecule has 1 saturated heterocycles. The van der Waals surface area contributed by atoms with Crippen LogP contribution in [0.5, 0.6) is 0 Å². The topological polar surface area (TPSA) is 58.6 Å². The van der Waals surface area contributed by atoms with Gasteiger partial charge in [0.05, 0.1) is 19.3 Å². The summed E-state index contributed by atoms with van der Waals surface area (Å²) in [7, 11) is 0. The highest BCUT2D eigenvalue weighted by Gasteiger charge is 2.18. The first-order valence-corrected chi connectivity index (χ1v) is 7.36. The Kier molecular flexibility index (Phi) is 5.75. The molecule has 1 atom stereocenters. The third kappa shape index (κ3) is 4.86. The summed E-state index contributed by atoms with van der Waals surface area (Å²) in [5, 5.41) is 2.92. The van der Waals surface area contributed by atoms with Gasteiger partial charge in [-0.25, -0.2) is 0 Å². The van der Waals surface area contributed by atoms with Crippen molar-refractivity contribution in [1.82, 2.24) is 10.2 Å². The lowest BCUT2D eigenvalue weighted by Gasteiger charge is -2.26. The van der Waals surface area contributed by atoms with Crippen LogP contribution in [0, 0.1) is 0 Å². The summed E-state index contributed by atoms with van der Waals surface area (Å²) in [6.45, 7) is 4.37. The van der Waals surface area contributed by atoms with Crippen LogP contribution in [-0.2, 0) is 14.3 Å². The van der Waals surface area contributed by atoms with Gasteiger partial charge in [-0.2, -0.15) is 0 Å². The monoisotopic (exact) mass is 290 g/mol. The minimum absolute atomic E-state index is 0.0285. The number of carbonyl (C=O) groups is 2. The van der Waals surface area contributed by atoms with Gasteiger partial charge >= 0.3 is 0 Å². The van der Waals surface area contributed by atoms with Crippen molar-refractivity contribution in [2.24, 2.45) is 0 Å². The molecule has 1 aliphatic rings. The van der Waals surface area contributed by atoms with Gasteiger partial charge in [-0.1, -0.05) is 30.3 Å². The van der Waals surface area contributed by atoms with E-state index in [1.54, 1.807) is 4.90 Å². The molecule has 0 spiro atoms. The minimum atomic E-state index is -0.0898. The van der Waals surface area contributed by atoms with Gasteiger partial charge in [0.1, 0.15) is 0 Å². The van der Waals surface area contributed by atoms with Crippen molar-refractivity contribution < 1.29 is 14.3 Å². The normalized spacial score (nSPS) is 16.3. The SMILES string of the molecule is CC(NC(=O)CCC(=O)N1CCOCC1)c1ccccc1. The lowest BCUT2D eigenvalue weighted by molar-refractivity contribution is -0.137. The standard InChI is InChI=1S/C16H22N2O3/c1-13(14-5-3-2-4-6-14)17-15(19)7-8-16(20)18-9-11-21-12-10-18/h2-6,13H,7-12H2,1H3,(H,17,19). The van der Waals surface area contributed by atoms with Crippen molar-refractivity contribution in [3.05, 3.63) is 35.9 Å². The molecule has 2 rings (SSSR count). The summed E-state index contributed by atoms with van der Waals surface area (Å²) in [4.78, 5) is 25.6. The van der Waals surface area contributed by atoms with Crippen LogP contribution in [0.15, 0.2) is 30.3 Å². The maximum Gasteiger partial charge on any atom is 0.223 e. The number of morpholine rings is 1. The van der Waals surface area contributed by atoms with Crippen LogP contribution in [0.25, 0.3) is 0 Å². The molecule has 2 amide bonds. The van der Waals surface area contributed by atoms with E-state index in [9.17, 15) is 9.59 Å². The molecule has 1 unspecified atom stereocenters. The Morgan fingerprint density at radius 1 is 1.19 bits per heavy atom. The maximum atomic E-state index is 11.9. The highest BCUT2D eigenvalue weighted by molar-refractivity contribution is 5.84. The molecule has 1 aromatic carbocycles. The molecule has 0 radical (unpaired) electrons. The highest BCUT2D eigenvalue weighted by Crippen LogP contribution is 2.11. The van der Waals surface area contributed by atoms with E-state index in [0.29, 0.717) is 26.3 Å². The maximum absolute atomic E-state index is 11.9. The highest BCUT2D eigenvalue weighted by atomic mass is 16.5. The van der Waals surface area contributed by atoms with Crippen LogP contribution in [0.1, 0.15) is 31.4 Å². The number of benzene rings is 1. The van der Waals surface area contributed by atoms with E-state index >= 15 is 0 Å². The summed E-state index contributed by atoms with van der Waals surface area (Å²) in [6.07, 6.45) is 0.487. The molecule has 1 N–H and O–H groups in total. The number of hydrogen-bond donors (Lipinski definition) is 1. The summed E-state index contributed by atoms with van der Waals surface area (Å²) in [6, 6.07) is 9.74. The van der Waals surface area contributed by atoms with E-state index in [0.717, 1.165) is 5.56 Å². The summed E-state index contributed by atoms with van der Waals surface area (Å²) < 4.78 is 5.20. The lowest BCUT2D eigenvalue weighted by Crippen LogP contribution is -2.41. The van der Waals surface area contributed by atoms with Crippen LogP contribution in [-0.4, -0.2) is 43.0 Å². The number of amides is 2. The van der Waals surface area contributed by atoms with Crippen LogP contribution in [0.2, 0.25) is 0 Å². The van der Waals surface area contributed by atoms with E-state index in [2.05, 4.69) is 5.32 Å². The molecule has 0 aromatic heterocycles. The predicted octanol–water partition coefficient (Wildman–Crippen LogP) is 1.50. The number of nitrogens with one attached hydrogen (secondary N) is 1. The molecular formula is C16H22N2O3. The molecule has 5 nitrogen and oxygen atoms in total. The minimum Gasteiger partial charge on any atom is -0.378 e. The smallest absolute Gasteiger partial charge is 0.223 e. The number of rotatable bonds is 5. The van der Waals surface area contributed by atoms with Gasteiger partial charge < -0.3 is 15.0 Å². The first-order valence-electron chi connectivity index (χ1n) is 7.36. The van der Waals surface area contributed by atoms with Gasteiger partial charge in [0, 0.05) is 25.9 Å². The van der Waals surface area contributed by atoms with Gasteiger partial charge in [-0.3, -0.25) is 9.59 Å². The van der Waals surface area contributed by atoms with Gasteiger partial charge in [0.25, 0.3) is 0 Å². The fourth-order valence-electron chi connectivity index (χ4n) is 2.33. The van der Waals surface area contributed by atoms with Crippen molar-refractivity contribution >= 4 is 11.8 Å². The Hall–Kier alpha value is -1.88. The number of hydrogen-bond acceptors (Lipinski definition) is 3.